The van der Waals surface area contributed by atoms with Gasteiger partial charge in [-0.2, -0.15) is 0 Å². The lowest BCUT2D eigenvalue weighted by Gasteiger charge is -2.45. The third-order valence-electron chi connectivity index (χ3n) is 8.62. The van der Waals surface area contributed by atoms with Crippen LogP contribution < -0.4 is 19.5 Å². The quantitative estimate of drug-likeness (QED) is 0.0872. The van der Waals surface area contributed by atoms with Gasteiger partial charge in [0.15, 0.2) is 0 Å². The van der Waals surface area contributed by atoms with E-state index < -0.39 is 17.5 Å². The largest absolute Gasteiger partial charge is 0.497 e. The highest BCUT2D eigenvalue weighted by molar-refractivity contribution is 6.27. The molecule has 0 radical (unpaired) electrons. The fourth-order valence-corrected chi connectivity index (χ4v) is 6.27. The molecule has 1 aliphatic rings. The van der Waals surface area contributed by atoms with Crippen molar-refractivity contribution in [3.63, 3.8) is 0 Å². The molecule has 2 heterocycles. The molecule has 2 atom stereocenters. The van der Waals surface area contributed by atoms with E-state index in [2.05, 4.69) is 96.9 Å². The molecule has 0 saturated carbocycles. The molecule has 260 valence electrons. The maximum atomic E-state index is 9.10. The van der Waals surface area contributed by atoms with E-state index in [9.17, 15) is 0 Å². The standard InChI is InChI=1S/C38H46N2O3.C2H2O4/c1-38(2)37(30-14-7-6-8-15-30)36(34-23-22-33(41-3)28-35(34)43-38)29-18-20-32(21-19-29)42-27-12-5-4-10-24-39-25-13-17-31-16-9-11-26-40-31;3-1(4)2(5)6/h6-9,11,14-16,18-23,26,28,36-37,39H,4-5,10,12-13,17,24-25,27H2,1-3H3;(H,3,4)(H,5,6)/t36-,37+;/m1./s1. The number of ether oxygens (including phenoxy) is 3. The number of carboxylic acid groups (broad SMARTS) is 2. The van der Waals surface area contributed by atoms with E-state index in [0.29, 0.717) is 0 Å². The molecule has 3 N–H and O–H groups in total. The van der Waals surface area contributed by atoms with Crippen LogP contribution in [0.2, 0.25) is 0 Å². The summed E-state index contributed by atoms with van der Waals surface area (Å²) in [6, 6.07) is 31.8. The van der Waals surface area contributed by atoms with E-state index in [4.69, 9.17) is 34.0 Å². The molecule has 1 aliphatic heterocycles. The average Bonchev–Trinajstić information content (AvgIpc) is 3.10. The van der Waals surface area contributed by atoms with E-state index in [0.717, 1.165) is 56.2 Å². The molecule has 4 aromatic rings. The molecule has 0 aliphatic carbocycles. The minimum absolute atomic E-state index is 0.143. The molecular formula is C40H48N2O7. The van der Waals surface area contributed by atoms with Gasteiger partial charge in [-0.15, -0.1) is 0 Å². The van der Waals surface area contributed by atoms with Gasteiger partial charge < -0.3 is 29.7 Å². The Morgan fingerprint density at radius 1 is 0.796 bits per heavy atom. The van der Waals surface area contributed by atoms with Gasteiger partial charge in [-0.1, -0.05) is 67.4 Å². The lowest BCUT2D eigenvalue weighted by Crippen LogP contribution is -2.43. The van der Waals surface area contributed by atoms with Crippen LogP contribution in [0.4, 0.5) is 0 Å². The molecule has 49 heavy (non-hydrogen) atoms. The van der Waals surface area contributed by atoms with Crippen LogP contribution in [0.3, 0.4) is 0 Å². The summed E-state index contributed by atoms with van der Waals surface area (Å²) in [6.45, 7) is 7.26. The Hall–Kier alpha value is -4.89. The van der Waals surface area contributed by atoms with Gasteiger partial charge in [0.05, 0.1) is 13.7 Å². The highest BCUT2D eigenvalue weighted by atomic mass is 16.5. The van der Waals surface area contributed by atoms with Crippen LogP contribution in [0.15, 0.2) is 97.2 Å². The maximum absolute atomic E-state index is 9.10. The minimum atomic E-state index is -1.82. The van der Waals surface area contributed by atoms with Crippen LogP contribution in [0, 0.1) is 0 Å². The second kappa shape index (κ2) is 18.6. The Bertz CT molecular complexity index is 1580. The highest BCUT2D eigenvalue weighted by Gasteiger charge is 2.45. The number of unbranched alkanes of at least 4 members (excludes halogenated alkanes) is 3. The number of aliphatic carboxylic acids is 2. The van der Waals surface area contributed by atoms with E-state index in [1.807, 2.05) is 24.4 Å². The molecule has 9 nitrogen and oxygen atoms in total. The summed E-state index contributed by atoms with van der Waals surface area (Å²) in [5.41, 5.74) is 4.49. The molecule has 3 aromatic carbocycles. The summed E-state index contributed by atoms with van der Waals surface area (Å²) in [7, 11) is 1.70. The number of fused-ring (bicyclic) bond motifs is 1. The Balaban J connectivity index is 0.000000827. The first-order valence-electron chi connectivity index (χ1n) is 16.9. The highest BCUT2D eigenvalue weighted by Crippen LogP contribution is 2.53. The first kappa shape index (κ1) is 36.9. The number of pyridine rings is 1. The number of methoxy groups -OCH3 is 1. The van der Waals surface area contributed by atoms with E-state index in [-0.39, 0.29) is 11.8 Å². The Labute approximate surface area is 289 Å². The van der Waals surface area contributed by atoms with Gasteiger partial charge in [-0.05, 0) is 94.1 Å². The van der Waals surface area contributed by atoms with Crippen LogP contribution in [0.1, 0.15) is 80.2 Å². The predicted octanol–water partition coefficient (Wildman–Crippen LogP) is 7.49. The molecule has 0 unspecified atom stereocenters. The topological polar surface area (TPSA) is 127 Å². The molecular weight excluding hydrogens is 620 g/mol. The minimum Gasteiger partial charge on any atom is -0.497 e. The zero-order valence-electron chi connectivity index (χ0n) is 28.6. The van der Waals surface area contributed by atoms with Crippen LogP contribution >= 0.6 is 0 Å². The molecule has 5 rings (SSSR count). The van der Waals surface area contributed by atoms with Crippen molar-refractivity contribution in [1.82, 2.24) is 10.3 Å². The molecule has 0 spiro atoms. The lowest BCUT2D eigenvalue weighted by molar-refractivity contribution is -0.159. The Morgan fingerprint density at radius 2 is 1.47 bits per heavy atom. The van der Waals surface area contributed by atoms with Crippen molar-refractivity contribution < 1.29 is 34.0 Å². The number of nitrogens with zero attached hydrogens (tertiary/aromatic N) is 1. The Morgan fingerprint density at radius 3 is 2.14 bits per heavy atom. The lowest BCUT2D eigenvalue weighted by atomic mass is 9.68. The summed E-state index contributed by atoms with van der Waals surface area (Å²) in [5.74, 6) is -0.730. The van der Waals surface area contributed by atoms with E-state index in [1.165, 1.54) is 41.6 Å². The fraction of sp³-hybridized carbons (Fsp3) is 0.375. The third-order valence-corrected chi connectivity index (χ3v) is 8.62. The summed E-state index contributed by atoms with van der Waals surface area (Å²) in [5, 5.41) is 18.3. The van der Waals surface area contributed by atoms with Gasteiger partial charge in [-0.25, -0.2) is 9.59 Å². The van der Waals surface area contributed by atoms with Crippen LogP contribution in [-0.2, 0) is 16.0 Å². The van der Waals surface area contributed by atoms with Crippen molar-refractivity contribution in [1.29, 1.82) is 0 Å². The zero-order chi connectivity index (χ0) is 35.1. The fourth-order valence-electron chi connectivity index (χ4n) is 6.27. The average molecular weight is 669 g/mol. The molecule has 0 saturated heterocycles. The number of aromatic nitrogens is 1. The zero-order valence-corrected chi connectivity index (χ0v) is 28.6. The summed E-state index contributed by atoms with van der Waals surface area (Å²) >= 11 is 0. The van der Waals surface area contributed by atoms with Crippen LogP contribution in [0.5, 0.6) is 17.2 Å². The molecule has 1 aromatic heterocycles. The second-order valence-corrected chi connectivity index (χ2v) is 12.6. The van der Waals surface area contributed by atoms with Crippen molar-refractivity contribution in [2.45, 2.75) is 69.8 Å². The monoisotopic (exact) mass is 668 g/mol. The molecule has 0 bridgehead atoms. The molecule has 0 fully saturated rings. The third kappa shape index (κ3) is 11.1. The summed E-state index contributed by atoms with van der Waals surface area (Å²) < 4.78 is 18.3. The number of hydrogen-bond acceptors (Lipinski definition) is 7. The number of aryl methyl sites for hydroxylation is 1. The molecule has 0 amide bonds. The van der Waals surface area contributed by atoms with Crippen molar-refractivity contribution >= 4 is 11.9 Å². The SMILES string of the molecule is COc1ccc2c(c1)OC(C)(C)[C@@H](c1ccccc1)[C@@H]2c1ccc(OCCCCCCNCCCc2ccccn2)cc1.O=C(O)C(=O)O. The maximum Gasteiger partial charge on any atom is 0.414 e. The molecule has 9 heteroatoms. The predicted molar refractivity (Wildman–Crippen MR) is 190 cm³/mol. The number of carbonyl (C=O) groups is 2. The number of benzene rings is 3. The number of carboxylic acids is 2. The number of rotatable bonds is 15. The second-order valence-electron chi connectivity index (χ2n) is 12.6. The van der Waals surface area contributed by atoms with Gasteiger partial charge in [0.2, 0.25) is 0 Å². The summed E-state index contributed by atoms with van der Waals surface area (Å²) in [4.78, 5) is 22.6. The first-order chi connectivity index (χ1) is 23.7. The van der Waals surface area contributed by atoms with Gasteiger partial charge in [0.1, 0.15) is 22.8 Å². The van der Waals surface area contributed by atoms with Gasteiger partial charge in [-0.3, -0.25) is 4.98 Å². The van der Waals surface area contributed by atoms with Gasteiger partial charge >= 0.3 is 11.9 Å². The van der Waals surface area contributed by atoms with E-state index in [1.54, 1.807) is 7.11 Å². The smallest absolute Gasteiger partial charge is 0.414 e. The van der Waals surface area contributed by atoms with Crippen molar-refractivity contribution in [3.8, 4) is 17.2 Å². The summed E-state index contributed by atoms with van der Waals surface area (Å²) in [6.07, 6.45) is 8.72. The van der Waals surface area contributed by atoms with Crippen molar-refractivity contribution in [2.24, 2.45) is 0 Å². The first-order valence-corrected chi connectivity index (χ1v) is 16.9. The van der Waals surface area contributed by atoms with Crippen molar-refractivity contribution in [2.75, 3.05) is 26.8 Å². The number of nitrogens with one attached hydrogen (secondary N) is 1. The van der Waals surface area contributed by atoms with E-state index >= 15 is 0 Å². The Kier molecular flexibility index (Phi) is 14.0. The normalized spacial score (nSPS) is 15.9. The van der Waals surface area contributed by atoms with Gasteiger partial charge in [0, 0.05) is 35.4 Å². The van der Waals surface area contributed by atoms with Crippen LogP contribution in [-0.4, -0.2) is 59.5 Å². The van der Waals surface area contributed by atoms with Crippen molar-refractivity contribution in [3.05, 3.63) is 120 Å². The van der Waals surface area contributed by atoms with Gasteiger partial charge in [0.25, 0.3) is 0 Å². The van der Waals surface area contributed by atoms with Crippen LogP contribution in [0.25, 0.3) is 0 Å². The number of hydrogen-bond donors (Lipinski definition) is 3.